The molecule has 0 spiro atoms. The van der Waals surface area contributed by atoms with Crippen molar-refractivity contribution in [1.29, 1.82) is 0 Å². The molecule has 4 nitrogen and oxygen atoms in total. The van der Waals surface area contributed by atoms with Crippen molar-refractivity contribution in [3.05, 3.63) is 0 Å². The number of carbonyl (C=O) groups is 1. The van der Waals surface area contributed by atoms with Gasteiger partial charge in [-0.1, -0.05) is 13.3 Å². The second kappa shape index (κ2) is 6.24. The first-order valence-electron chi connectivity index (χ1n) is 6.99. The van der Waals surface area contributed by atoms with E-state index in [1.54, 1.807) is 0 Å². The minimum absolute atomic E-state index is 0.100. The number of nitrogens with zero attached hydrogens (tertiary/aromatic N) is 1. The zero-order valence-corrected chi connectivity index (χ0v) is 10.8. The molecule has 2 aliphatic rings. The lowest BCUT2D eigenvalue weighted by Crippen LogP contribution is -2.58. The van der Waals surface area contributed by atoms with E-state index in [0.717, 1.165) is 38.8 Å². The lowest BCUT2D eigenvalue weighted by Gasteiger charge is -2.43. The van der Waals surface area contributed by atoms with Crippen LogP contribution in [0.2, 0.25) is 0 Å². The van der Waals surface area contributed by atoms with Crippen molar-refractivity contribution >= 4 is 6.09 Å². The number of carbonyl (C=O) groups excluding carboxylic acids is 1. The molecule has 2 saturated heterocycles. The van der Waals surface area contributed by atoms with Crippen LogP contribution in [-0.4, -0.2) is 42.8 Å². The molecule has 0 saturated carbocycles. The summed E-state index contributed by atoms with van der Waals surface area (Å²) in [6.07, 6.45) is 6.52. The van der Waals surface area contributed by atoms with Crippen molar-refractivity contribution in [2.24, 2.45) is 0 Å². The molecule has 2 unspecified atom stereocenters. The van der Waals surface area contributed by atoms with Crippen molar-refractivity contribution in [3.8, 4) is 0 Å². The lowest BCUT2D eigenvalue weighted by molar-refractivity contribution is 0.0504. The van der Waals surface area contributed by atoms with E-state index in [4.69, 9.17) is 4.74 Å². The highest BCUT2D eigenvalue weighted by Crippen LogP contribution is 2.25. The van der Waals surface area contributed by atoms with E-state index in [1.807, 2.05) is 4.90 Å². The van der Waals surface area contributed by atoms with Gasteiger partial charge in [-0.05, 0) is 38.6 Å². The number of hydrogen-bond donors (Lipinski definition) is 1. The Kier molecular flexibility index (Phi) is 4.66. The third-order valence-corrected chi connectivity index (χ3v) is 3.82. The van der Waals surface area contributed by atoms with Crippen LogP contribution < -0.4 is 5.32 Å². The van der Waals surface area contributed by atoms with Crippen LogP contribution in [0.5, 0.6) is 0 Å². The number of ether oxygens (including phenoxy) is 1. The average molecular weight is 240 g/mol. The van der Waals surface area contributed by atoms with Gasteiger partial charge in [0.15, 0.2) is 0 Å². The number of rotatable bonds is 3. The summed E-state index contributed by atoms with van der Waals surface area (Å²) in [4.78, 5) is 14.0. The Hall–Kier alpha value is -0.770. The molecule has 2 fully saturated rings. The number of nitrogens with one attached hydrogen (secondary N) is 1. The van der Waals surface area contributed by atoms with Crippen molar-refractivity contribution in [2.75, 3.05) is 19.7 Å². The summed E-state index contributed by atoms with van der Waals surface area (Å²) < 4.78 is 5.33. The zero-order chi connectivity index (χ0) is 12.1. The fourth-order valence-electron chi connectivity index (χ4n) is 2.86. The standard InChI is InChI=1S/C13H24N2O2/c1-2-3-10-17-13(16)15-9-5-6-11-12(15)7-4-8-14-11/h11-12,14H,2-10H2,1H3. The van der Waals surface area contributed by atoms with E-state index < -0.39 is 0 Å². The number of likely N-dealkylation sites (tertiary alicyclic amines) is 1. The highest BCUT2D eigenvalue weighted by molar-refractivity contribution is 5.68. The first-order chi connectivity index (χ1) is 8.33. The molecular weight excluding hydrogens is 216 g/mol. The Morgan fingerprint density at radius 2 is 2.29 bits per heavy atom. The SMILES string of the molecule is CCCCOC(=O)N1CCCC2NCCCC21. The summed E-state index contributed by atoms with van der Waals surface area (Å²) >= 11 is 0. The van der Waals surface area contributed by atoms with Crippen LogP contribution in [-0.2, 0) is 4.74 Å². The van der Waals surface area contributed by atoms with Crippen molar-refractivity contribution < 1.29 is 9.53 Å². The summed E-state index contributed by atoms with van der Waals surface area (Å²) in [5, 5.41) is 3.52. The van der Waals surface area contributed by atoms with E-state index in [9.17, 15) is 4.79 Å². The first kappa shape index (κ1) is 12.7. The van der Waals surface area contributed by atoms with Gasteiger partial charge in [0.1, 0.15) is 0 Å². The largest absolute Gasteiger partial charge is 0.449 e. The highest BCUT2D eigenvalue weighted by atomic mass is 16.6. The maximum atomic E-state index is 12.0. The molecule has 2 rings (SSSR count). The average Bonchev–Trinajstić information content (AvgIpc) is 2.38. The number of amides is 1. The fraction of sp³-hybridized carbons (Fsp3) is 0.923. The third-order valence-electron chi connectivity index (χ3n) is 3.82. The molecule has 0 aromatic heterocycles. The van der Waals surface area contributed by atoms with E-state index in [2.05, 4.69) is 12.2 Å². The minimum Gasteiger partial charge on any atom is -0.449 e. The van der Waals surface area contributed by atoms with Crippen LogP contribution in [0.25, 0.3) is 0 Å². The van der Waals surface area contributed by atoms with E-state index in [-0.39, 0.29) is 6.09 Å². The topological polar surface area (TPSA) is 41.6 Å². The normalized spacial score (nSPS) is 28.6. The maximum absolute atomic E-state index is 12.0. The van der Waals surface area contributed by atoms with Gasteiger partial charge in [-0.25, -0.2) is 4.79 Å². The third kappa shape index (κ3) is 3.12. The summed E-state index contributed by atoms with van der Waals surface area (Å²) in [6.45, 7) is 4.64. The Balaban J connectivity index is 1.87. The van der Waals surface area contributed by atoms with Crippen LogP contribution >= 0.6 is 0 Å². The van der Waals surface area contributed by atoms with Gasteiger partial charge in [-0.2, -0.15) is 0 Å². The van der Waals surface area contributed by atoms with Crippen molar-refractivity contribution in [1.82, 2.24) is 10.2 Å². The van der Waals surface area contributed by atoms with Gasteiger partial charge in [0.05, 0.1) is 12.6 Å². The van der Waals surface area contributed by atoms with Gasteiger partial charge in [0.25, 0.3) is 0 Å². The van der Waals surface area contributed by atoms with Gasteiger partial charge in [-0.15, -0.1) is 0 Å². The summed E-state index contributed by atoms with van der Waals surface area (Å²) in [5.74, 6) is 0. The van der Waals surface area contributed by atoms with E-state index in [1.165, 1.54) is 12.8 Å². The predicted octanol–water partition coefficient (Wildman–Crippen LogP) is 2.14. The zero-order valence-electron chi connectivity index (χ0n) is 10.8. The molecule has 0 aromatic carbocycles. The monoisotopic (exact) mass is 240 g/mol. The molecule has 98 valence electrons. The number of fused-ring (bicyclic) bond motifs is 1. The summed E-state index contributed by atoms with van der Waals surface area (Å²) in [6, 6.07) is 0.864. The smallest absolute Gasteiger partial charge is 0.410 e. The molecular formula is C13H24N2O2. The molecule has 0 aromatic rings. The lowest BCUT2D eigenvalue weighted by atomic mass is 9.90. The molecule has 1 N–H and O–H groups in total. The van der Waals surface area contributed by atoms with Gasteiger partial charge in [0.2, 0.25) is 0 Å². The molecule has 2 aliphatic heterocycles. The van der Waals surface area contributed by atoms with Crippen molar-refractivity contribution in [3.63, 3.8) is 0 Å². The molecule has 2 atom stereocenters. The Bertz CT molecular complexity index is 256. The quantitative estimate of drug-likeness (QED) is 0.768. The summed E-state index contributed by atoms with van der Waals surface area (Å²) in [5.41, 5.74) is 0. The number of piperidine rings is 2. The van der Waals surface area contributed by atoms with Gasteiger partial charge >= 0.3 is 6.09 Å². The summed E-state index contributed by atoms with van der Waals surface area (Å²) in [7, 11) is 0. The highest BCUT2D eigenvalue weighted by Gasteiger charge is 2.36. The molecule has 17 heavy (non-hydrogen) atoms. The molecule has 0 aliphatic carbocycles. The van der Waals surface area contributed by atoms with E-state index >= 15 is 0 Å². The second-order valence-electron chi connectivity index (χ2n) is 5.07. The predicted molar refractivity (Wildman–Crippen MR) is 67.0 cm³/mol. The Morgan fingerprint density at radius 1 is 1.41 bits per heavy atom. The molecule has 4 heteroatoms. The van der Waals surface area contributed by atoms with E-state index in [0.29, 0.717) is 18.7 Å². The molecule has 0 radical (unpaired) electrons. The fourth-order valence-corrected chi connectivity index (χ4v) is 2.86. The Morgan fingerprint density at radius 3 is 3.12 bits per heavy atom. The first-order valence-corrected chi connectivity index (χ1v) is 6.99. The number of hydrogen-bond acceptors (Lipinski definition) is 3. The second-order valence-corrected chi connectivity index (χ2v) is 5.07. The Labute approximate surface area is 104 Å². The molecule has 1 amide bonds. The van der Waals surface area contributed by atoms with Crippen LogP contribution in [0.3, 0.4) is 0 Å². The van der Waals surface area contributed by atoms with Crippen molar-refractivity contribution in [2.45, 2.75) is 57.5 Å². The van der Waals surface area contributed by atoms with Crippen LogP contribution in [0, 0.1) is 0 Å². The van der Waals surface area contributed by atoms with Gasteiger partial charge in [-0.3, -0.25) is 0 Å². The van der Waals surface area contributed by atoms with Crippen LogP contribution in [0.4, 0.5) is 4.79 Å². The number of unbranched alkanes of at least 4 members (excludes halogenated alkanes) is 1. The molecule has 0 bridgehead atoms. The molecule has 2 heterocycles. The van der Waals surface area contributed by atoms with Crippen LogP contribution in [0.1, 0.15) is 45.4 Å². The minimum atomic E-state index is -0.100. The van der Waals surface area contributed by atoms with Gasteiger partial charge in [0, 0.05) is 12.6 Å². The van der Waals surface area contributed by atoms with Crippen LogP contribution in [0.15, 0.2) is 0 Å². The van der Waals surface area contributed by atoms with Gasteiger partial charge < -0.3 is 15.0 Å². The maximum Gasteiger partial charge on any atom is 0.410 e.